The monoisotopic (exact) mass is 302 g/mol. The summed E-state index contributed by atoms with van der Waals surface area (Å²) in [7, 11) is 0. The highest BCUT2D eigenvalue weighted by Gasteiger charge is 2.44. The fraction of sp³-hybridized carbons (Fsp3) is 0.529. The molecular formula is C17H22N2O3. The second-order valence-electron chi connectivity index (χ2n) is 5.80. The number of hydrogen-bond acceptors (Lipinski definition) is 4. The number of pyridine rings is 1. The SMILES string of the molecule is C=CCOCC1CC[C@H]2[C@H]1OCCN2C(=O)c1ccncc1. The van der Waals surface area contributed by atoms with Crippen LogP contribution in [-0.4, -0.2) is 54.3 Å². The second-order valence-corrected chi connectivity index (χ2v) is 5.80. The summed E-state index contributed by atoms with van der Waals surface area (Å²) < 4.78 is 11.5. The molecule has 22 heavy (non-hydrogen) atoms. The molecule has 118 valence electrons. The Bertz CT molecular complexity index is 520. The predicted molar refractivity (Wildman–Crippen MR) is 82.5 cm³/mol. The minimum absolute atomic E-state index is 0.0772. The van der Waals surface area contributed by atoms with E-state index in [4.69, 9.17) is 9.47 Å². The zero-order valence-corrected chi connectivity index (χ0v) is 12.7. The first-order chi connectivity index (χ1) is 10.8. The van der Waals surface area contributed by atoms with Gasteiger partial charge in [-0.1, -0.05) is 6.08 Å². The van der Waals surface area contributed by atoms with Crippen molar-refractivity contribution in [3.05, 3.63) is 42.7 Å². The largest absolute Gasteiger partial charge is 0.377 e. The highest BCUT2D eigenvalue weighted by atomic mass is 16.5. The van der Waals surface area contributed by atoms with Crippen LogP contribution in [0.15, 0.2) is 37.2 Å². The molecule has 1 aromatic rings. The Morgan fingerprint density at radius 3 is 3.05 bits per heavy atom. The van der Waals surface area contributed by atoms with E-state index in [2.05, 4.69) is 11.6 Å². The van der Waals surface area contributed by atoms with Crippen LogP contribution in [0.25, 0.3) is 0 Å². The topological polar surface area (TPSA) is 51.7 Å². The van der Waals surface area contributed by atoms with Gasteiger partial charge in [0.2, 0.25) is 0 Å². The van der Waals surface area contributed by atoms with Crippen LogP contribution in [-0.2, 0) is 9.47 Å². The van der Waals surface area contributed by atoms with Gasteiger partial charge in [0, 0.05) is 30.4 Å². The van der Waals surface area contributed by atoms with Gasteiger partial charge in [0.05, 0.1) is 32.0 Å². The van der Waals surface area contributed by atoms with Crippen LogP contribution in [0.5, 0.6) is 0 Å². The van der Waals surface area contributed by atoms with Crippen LogP contribution in [0.4, 0.5) is 0 Å². The maximum Gasteiger partial charge on any atom is 0.254 e. The van der Waals surface area contributed by atoms with Crippen LogP contribution in [0.1, 0.15) is 23.2 Å². The summed E-state index contributed by atoms with van der Waals surface area (Å²) in [5.74, 6) is 0.436. The van der Waals surface area contributed by atoms with Crippen LogP contribution in [0.3, 0.4) is 0 Å². The molecule has 0 spiro atoms. The minimum Gasteiger partial charge on any atom is -0.377 e. The first-order valence-corrected chi connectivity index (χ1v) is 7.82. The van der Waals surface area contributed by atoms with Gasteiger partial charge < -0.3 is 14.4 Å². The molecule has 5 heteroatoms. The Balaban J connectivity index is 1.67. The van der Waals surface area contributed by atoms with Gasteiger partial charge in [-0.25, -0.2) is 0 Å². The third-order valence-electron chi connectivity index (χ3n) is 4.48. The smallest absolute Gasteiger partial charge is 0.254 e. The summed E-state index contributed by atoms with van der Waals surface area (Å²) in [5.41, 5.74) is 0.696. The molecule has 1 saturated heterocycles. The number of ether oxygens (including phenoxy) is 2. The number of amides is 1. The first kappa shape index (κ1) is 15.2. The number of carbonyl (C=O) groups excluding carboxylic acids is 1. The molecule has 0 N–H and O–H groups in total. The fourth-order valence-corrected chi connectivity index (χ4v) is 3.45. The molecule has 1 aromatic heterocycles. The summed E-state index contributed by atoms with van der Waals surface area (Å²) >= 11 is 0. The molecule has 2 aliphatic rings. The highest BCUT2D eigenvalue weighted by Crippen LogP contribution is 2.35. The quantitative estimate of drug-likeness (QED) is 0.616. The van der Waals surface area contributed by atoms with E-state index in [1.165, 1.54) is 0 Å². The van der Waals surface area contributed by atoms with Crippen molar-refractivity contribution >= 4 is 5.91 Å². The first-order valence-electron chi connectivity index (χ1n) is 7.82. The van der Waals surface area contributed by atoms with Gasteiger partial charge in [-0.3, -0.25) is 9.78 Å². The Hall–Kier alpha value is -1.72. The number of aromatic nitrogens is 1. The average Bonchev–Trinajstić information content (AvgIpc) is 2.98. The van der Waals surface area contributed by atoms with Gasteiger partial charge in [-0.2, -0.15) is 0 Å². The molecule has 1 saturated carbocycles. The number of hydrogen-bond donors (Lipinski definition) is 0. The number of morpholine rings is 1. The maximum absolute atomic E-state index is 12.7. The number of fused-ring (bicyclic) bond motifs is 1. The fourth-order valence-electron chi connectivity index (χ4n) is 3.45. The van der Waals surface area contributed by atoms with Gasteiger partial charge in [0.25, 0.3) is 5.91 Å². The van der Waals surface area contributed by atoms with Gasteiger partial charge >= 0.3 is 0 Å². The summed E-state index contributed by atoms with van der Waals surface area (Å²) in [6.07, 6.45) is 7.17. The molecule has 1 aliphatic carbocycles. The van der Waals surface area contributed by atoms with Crippen molar-refractivity contribution in [1.29, 1.82) is 0 Å². The van der Waals surface area contributed by atoms with Crippen LogP contribution in [0, 0.1) is 5.92 Å². The van der Waals surface area contributed by atoms with E-state index in [1.54, 1.807) is 30.6 Å². The standard InChI is InChI=1S/C17H22N2O3/c1-2-10-21-12-14-3-4-15-16(14)22-11-9-19(15)17(20)13-5-7-18-8-6-13/h2,5-8,14-16H,1,3-4,9-12H2/t14?,15-,16-/m0/s1. The molecule has 5 nitrogen and oxygen atoms in total. The van der Waals surface area contributed by atoms with E-state index in [9.17, 15) is 4.79 Å². The molecule has 1 amide bonds. The van der Waals surface area contributed by atoms with Gasteiger partial charge in [0.15, 0.2) is 0 Å². The van der Waals surface area contributed by atoms with E-state index in [0.717, 1.165) is 12.8 Å². The van der Waals surface area contributed by atoms with Crippen molar-refractivity contribution in [2.24, 2.45) is 5.92 Å². The summed E-state index contributed by atoms with van der Waals surface area (Å²) in [6, 6.07) is 3.70. The summed E-state index contributed by atoms with van der Waals surface area (Å²) in [6.45, 7) is 6.14. The predicted octanol–water partition coefficient (Wildman–Crippen LogP) is 1.90. The highest BCUT2D eigenvalue weighted by molar-refractivity contribution is 5.94. The zero-order valence-electron chi connectivity index (χ0n) is 12.7. The Kier molecular flexibility index (Phi) is 4.85. The van der Waals surface area contributed by atoms with E-state index >= 15 is 0 Å². The van der Waals surface area contributed by atoms with Gasteiger partial charge in [-0.05, 0) is 25.0 Å². The van der Waals surface area contributed by atoms with Crippen LogP contribution in [0.2, 0.25) is 0 Å². The van der Waals surface area contributed by atoms with Crippen molar-refractivity contribution in [3.63, 3.8) is 0 Å². The Morgan fingerprint density at radius 2 is 2.27 bits per heavy atom. The molecule has 0 bridgehead atoms. The molecule has 2 heterocycles. The third kappa shape index (κ3) is 3.05. The lowest BCUT2D eigenvalue weighted by Crippen LogP contribution is -2.53. The van der Waals surface area contributed by atoms with Crippen molar-refractivity contribution in [2.45, 2.75) is 25.0 Å². The molecule has 1 aliphatic heterocycles. The number of carbonyl (C=O) groups is 1. The molecule has 1 unspecified atom stereocenters. The maximum atomic E-state index is 12.7. The molecule has 0 aromatic carbocycles. The number of nitrogens with zero attached hydrogens (tertiary/aromatic N) is 2. The third-order valence-corrected chi connectivity index (χ3v) is 4.48. The normalized spacial score (nSPS) is 27.5. The van der Waals surface area contributed by atoms with Crippen molar-refractivity contribution in [1.82, 2.24) is 9.88 Å². The molecule has 3 atom stereocenters. The van der Waals surface area contributed by atoms with E-state index < -0.39 is 0 Å². The van der Waals surface area contributed by atoms with E-state index in [1.807, 2.05) is 4.90 Å². The zero-order chi connectivity index (χ0) is 15.4. The van der Waals surface area contributed by atoms with Crippen molar-refractivity contribution in [2.75, 3.05) is 26.4 Å². The lowest BCUT2D eigenvalue weighted by molar-refractivity contribution is -0.0738. The lowest BCUT2D eigenvalue weighted by atomic mass is 10.0. The average molecular weight is 302 g/mol. The van der Waals surface area contributed by atoms with Gasteiger partial charge in [-0.15, -0.1) is 6.58 Å². The van der Waals surface area contributed by atoms with Crippen LogP contribution < -0.4 is 0 Å². The van der Waals surface area contributed by atoms with Crippen molar-refractivity contribution in [3.8, 4) is 0 Å². The van der Waals surface area contributed by atoms with E-state index in [0.29, 0.717) is 37.8 Å². The molecule has 0 radical (unpaired) electrons. The lowest BCUT2D eigenvalue weighted by Gasteiger charge is -2.39. The second kappa shape index (κ2) is 7.03. The Labute approximate surface area is 130 Å². The van der Waals surface area contributed by atoms with Crippen molar-refractivity contribution < 1.29 is 14.3 Å². The van der Waals surface area contributed by atoms with E-state index in [-0.39, 0.29) is 18.1 Å². The van der Waals surface area contributed by atoms with Crippen LogP contribution >= 0.6 is 0 Å². The summed E-state index contributed by atoms with van der Waals surface area (Å²) in [4.78, 5) is 18.6. The molecular weight excluding hydrogens is 280 g/mol. The molecule has 2 fully saturated rings. The Morgan fingerprint density at radius 1 is 1.45 bits per heavy atom. The summed E-state index contributed by atoms with van der Waals surface area (Å²) in [5, 5.41) is 0. The number of rotatable bonds is 5. The van der Waals surface area contributed by atoms with Gasteiger partial charge in [0.1, 0.15) is 0 Å². The minimum atomic E-state index is 0.0772. The molecule has 3 rings (SSSR count).